The SMILES string of the molecule is CC(NCC1=CCCOC1)c1cc(F)ccc1N1CCC(O)CC1. The molecule has 0 saturated carbocycles. The number of rotatable bonds is 5. The molecule has 2 heterocycles. The van der Waals surface area contributed by atoms with Crippen molar-refractivity contribution in [3.05, 3.63) is 41.2 Å². The smallest absolute Gasteiger partial charge is 0.123 e. The van der Waals surface area contributed by atoms with Crippen LogP contribution in [-0.4, -0.2) is 44.1 Å². The van der Waals surface area contributed by atoms with Gasteiger partial charge in [-0.25, -0.2) is 4.39 Å². The predicted molar refractivity (Wildman–Crippen MR) is 93.8 cm³/mol. The molecule has 3 rings (SSSR count). The van der Waals surface area contributed by atoms with Gasteiger partial charge in [0.05, 0.1) is 19.3 Å². The first-order valence-corrected chi connectivity index (χ1v) is 8.85. The first-order valence-electron chi connectivity index (χ1n) is 8.85. The summed E-state index contributed by atoms with van der Waals surface area (Å²) in [6.07, 6.45) is 4.51. The molecule has 132 valence electrons. The number of ether oxygens (including phenoxy) is 1. The number of aliphatic hydroxyl groups excluding tert-OH is 1. The van der Waals surface area contributed by atoms with Gasteiger partial charge in [0.15, 0.2) is 0 Å². The second-order valence-electron chi connectivity index (χ2n) is 6.73. The first kappa shape index (κ1) is 17.4. The van der Waals surface area contributed by atoms with Gasteiger partial charge in [0.1, 0.15) is 5.82 Å². The number of aliphatic hydroxyl groups is 1. The van der Waals surface area contributed by atoms with Crippen molar-refractivity contribution in [3.8, 4) is 0 Å². The van der Waals surface area contributed by atoms with Crippen LogP contribution >= 0.6 is 0 Å². The van der Waals surface area contributed by atoms with Crippen LogP contribution in [0.2, 0.25) is 0 Å². The Morgan fingerprint density at radius 1 is 1.38 bits per heavy atom. The maximum absolute atomic E-state index is 13.8. The molecule has 4 nitrogen and oxygen atoms in total. The molecule has 0 aliphatic carbocycles. The lowest BCUT2D eigenvalue weighted by atomic mass is 10.0. The third-order valence-corrected chi connectivity index (χ3v) is 4.88. The number of halogens is 1. The summed E-state index contributed by atoms with van der Waals surface area (Å²) < 4.78 is 19.3. The molecule has 2 N–H and O–H groups in total. The Labute approximate surface area is 143 Å². The highest BCUT2D eigenvalue weighted by Crippen LogP contribution is 2.29. The van der Waals surface area contributed by atoms with Gasteiger partial charge in [-0.15, -0.1) is 0 Å². The molecule has 1 aromatic carbocycles. The summed E-state index contributed by atoms with van der Waals surface area (Å²) in [5.74, 6) is -0.209. The van der Waals surface area contributed by atoms with E-state index in [4.69, 9.17) is 4.74 Å². The van der Waals surface area contributed by atoms with Crippen molar-refractivity contribution < 1.29 is 14.2 Å². The van der Waals surface area contributed by atoms with Gasteiger partial charge in [0, 0.05) is 31.4 Å². The van der Waals surface area contributed by atoms with Gasteiger partial charge < -0.3 is 20.1 Å². The molecule has 2 aliphatic heterocycles. The Bertz CT molecular complexity index is 583. The van der Waals surface area contributed by atoms with Gasteiger partial charge in [-0.3, -0.25) is 0 Å². The molecular weight excluding hydrogens is 307 g/mol. The summed E-state index contributed by atoms with van der Waals surface area (Å²) in [5.41, 5.74) is 3.30. The second kappa shape index (κ2) is 8.10. The van der Waals surface area contributed by atoms with Crippen molar-refractivity contribution in [1.82, 2.24) is 5.32 Å². The largest absolute Gasteiger partial charge is 0.393 e. The number of nitrogens with one attached hydrogen (secondary N) is 1. The quantitative estimate of drug-likeness (QED) is 0.813. The fourth-order valence-electron chi connectivity index (χ4n) is 3.39. The molecule has 1 saturated heterocycles. The predicted octanol–water partition coefficient (Wildman–Crippen LogP) is 2.78. The van der Waals surface area contributed by atoms with Crippen molar-refractivity contribution in [2.24, 2.45) is 0 Å². The summed E-state index contributed by atoms with van der Waals surface area (Å²) >= 11 is 0. The number of piperidine rings is 1. The average molecular weight is 334 g/mol. The highest BCUT2D eigenvalue weighted by Gasteiger charge is 2.21. The Kier molecular flexibility index (Phi) is 5.87. The third kappa shape index (κ3) is 4.35. The Morgan fingerprint density at radius 3 is 2.88 bits per heavy atom. The van der Waals surface area contributed by atoms with E-state index >= 15 is 0 Å². The Balaban J connectivity index is 1.70. The van der Waals surface area contributed by atoms with Crippen molar-refractivity contribution >= 4 is 5.69 Å². The van der Waals surface area contributed by atoms with Crippen LogP contribution in [0.3, 0.4) is 0 Å². The lowest BCUT2D eigenvalue weighted by Gasteiger charge is -2.34. The van der Waals surface area contributed by atoms with E-state index in [0.29, 0.717) is 6.61 Å². The van der Waals surface area contributed by atoms with Crippen LogP contribution in [0.15, 0.2) is 29.8 Å². The van der Waals surface area contributed by atoms with Crippen molar-refractivity contribution in [2.75, 3.05) is 37.7 Å². The number of nitrogens with zero attached hydrogens (tertiary/aromatic N) is 1. The Morgan fingerprint density at radius 2 is 2.17 bits per heavy atom. The van der Waals surface area contributed by atoms with E-state index in [-0.39, 0.29) is 18.0 Å². The van der Waals surface area contributed by atoms with Crippen molar-refractivity contribution in [2.45, 2.75) is 38.3 Å². The van der Waals surface area contributed by atoms with E-state index in [2.05, 4.69) is 23.2 Å². The number of hydrogen-bond donors (Lipinski definition) is 2. The molecule has 0 aromatic heterocycles. The van der Waals surface area contributed by atoms with E-state index in [9.17, 15) is 9.50 Å². The highest BCUT2D eigenvalue weighted by molar-refractivity contribution is 5.55. The topological polar surface area (TPSA) is 44.7 Å². The minimum absolute atomic E-state index is 0.0466. The summed E-state index contributed by atoms with van der Waals surface area (Å²) in [6, 6.07) is 5.06. The van der Waals surface area contributed by atoms with E-state index in [1.165, 1.54) is 11.6 Å². The molecule has 1 atom stereocenters. The fourth-order valence-corrected chi connectivity index (χ4v) is 3.39. The van der Waals surface area contributed by atoms with Crippen molar-refractivity contribution in [1.29, 1.82) is 0 Å². The highest BCUT2D eigenvalue weighted by atomic mass is 19.1. The minimum atomic E-state index is -0.209. The molecule has 0 spiro atoms. The van der Waals surface area contributed by atoms with E-state index < -0.39 is 0 Å². The monoisotopic (exact) mass is 334 g/mol. The zero-order valence-electron chi connectivity index (χ0n) is 14.3. The molecule has 0 amide bonds. The molecule has 1 aromatic rings. The average Bonchev–Trinajstić information content (AvgIpc) is 2.61. The normalized spacial score (nSPS) is 20.8. The van der Waals surface area contributed by atoms with Gasteiger partial charge in [-0.2, -0.15) is 0 Å². The maximum atomic E-state index is 13.8. The van der Waals surface area contributed by atoms with Crippen LogP contribution in [0.25, 0.3) is 0 Å². The lowest BCUT2D eigenvalue weighted by Crippen LogP contribution is -2.37. The summed E-state index contributed by atoms with van der Waals surface area (Å²) in [6.45, 7) is 5.93. The molecule has 2 aliphatic rings. The van der Waals surface area contributed by atoms with Gasteiger partial charge in [0.2, 0.25) is 0 Å². The summed E-state index contributed by atoms with van der Waals surface area (Å²) in [7, 11) is 0. The third-order valence-electron chi connectivity index (χ3n) is 4.88. The number of anilines is 1. The molecule has 0 radical (unpaired) electrons. The zero-order chi connectivity index (χ0) is 16.9. The summed E-state index contributed by atoms with van der Waals surface area (Å²) in [4.78, 5) is 2.25. The van der Waals surface area contributed by atoms with Gasteiger partial charge >= 0.3 is 0 Å². The van der Waals surface area contributed by atoms with E-state index in [1.54, 1.807) is 6.07 Å². The molecule has 1 fully saturated rings. The molecular formula is C19H27FN2O2. The minimum Gasteiger partial charge on any atom is -0.393 e. The fraction of sp³-hybridized carbons (Fsp3) is 0.579. The molecule has 1 unspecified atom stereocenters. The van der Waals surface area contributed by atoms with Crippen LogP contribution in [0.1, 0.15) is 37.8 Å². The van der Waals surface area contributed by atoms with Crippen LogP contribution < -0.4 is 10.2 Å². The lowest BCUT2D eigenvalue weighted by molar-refractivity contribution is 0.145. The van der Waals surface area contributed by atoms with Gasteiger partial charge in [-0.1, -0.05) is 6.08 Å². The van der Waals surface area contributed by atoms with Gasteiger partial charge in [-0.05, 0) is 55.5 Å². The maximum Gasteiger partial charge on any atom is 0.123 e. The van der Waals surface area contributed by atoms with E-state index in [0.717, 1.165) is 56.8 Å². The van der Waals surface area contributed by atoms with Gasteiger partial charge in [0.25, 0.3) is 0 Å². The molecule has 24 heavy (non-hydrogen) atoms. The molecule has 5 heteroatoms. The standard InChI is InChI=1S/C19H27FN2O2/c1-14(21-12-15-3-2-10-24-13-15)18-11-16(20)4-5-19(18)22-8-6-17(23)7-9-22/h3-5,11,14,17,21,23H,2,6-10,12-13H2,1H3. The molecule has 0 bridgehead atoms. The van der Waals surface area contributed by atoms with Crippen LogP contribution in [0.5, 0.6) is 0 Å². The second-order valence-corrected chi connectivity index (χ2v) is 6.73. The van der Waals surface area contributed by atoms with Crippen LogP contribution in [-0.2, 0) is 4.74 Å². The zero-order valence-corrected chi connectivity index (χ0v) is 14.3. The first-order chi connectivity index (χ1) is 11.6. The van der Waals surface area contributed by atoms with Crippen LogP contribution in [0.4, 0.5) is 10.1 Å². The number of hydrogen-bond acceptors (Lipinski definition) is 4. The van der Waals surface area contributed by atoms with Crippen LogP contribution in [0, 0.1) is 5.82 Å². The Hall–Kier alpha value is -1.43. The number of benzene rings is 1. The van der Waals surface area contributed by atoms with E-state index in [1.807, 2.05) is 6.07 Å². The van der Waals surface area contributed by atoms with Crippen molar-refractivity contribution in [3.63, 3.8) is 0 Å². The summed E-state index contributed by atoms with van der Waals surface area (Å²) in [5, 5.41) is 13.2.